The molecule has 3 N–H and O–H groups in total. The second-order valence-corrected chi connectivity index (χ2v) is 6.36. The molecule has 3 unspecified atom stereocenters. The van der Waals surface area contributed by atoms with Crippen LogP contribution in [0.4, 0.5) is 0 Å². The molecule has 0 aromatic heterocycles. The zero-order valence-electron chi connectivity index (χ0n) is 13.0. The number of nitrogens with one attached hydrogen (secondary N) is 1. The maximum Gasteiger partial charge on any atom is 0.222 e. The van der Waals surface area contributed by atoms with Crippen LogP contribution < -0.4 is 5.32 Å². The smallest absolute Gasteiger partial charge is 0.222 e. The summed E-state index contributed by atoms with van der Waals surface area (Å²) in [6.07, 6.45) is 1.77. The number of rotatable bonds is 7. The minimum atomic E-state index is -0.396. The van der Waals surface area contributed by atoms with Crippen molar-refractivity contribution in [1.29, 1.82) is 0 Å². The first kappa shape index (κ1) is 17.4. The molecule has 1 heterocycles. The Labute approximate surface area is 122 Å². The van der Waals surface area contributed by atoms with Crippen LogP contribution in [0.1, 0.15) is 40.0 Å². The van der Waals surface area contributed by atoms with Crippen LogP contribution >= 0.6 is 0 Å². The second-order valence-electron chi connectivity index (χ2n) is 6.36. The lowest BCUT2D eigenvalue weighted by Crippen LogP contribution is -2.53. The molecule has 0 radical (unpaired) electrons. The van der Waals surface area contributed by atoms with Crippen molar-refractivity contribution in [3.8, 4) is 0 Å². The van der Waals surface area contributed by atoms with E-state index in [2.05, 4.69) is 5.32 Å². The van der Waals surface area contributed by atoms with E-state index in [0.717, 1.165) is 19.4 Å². The summed E-state index contributed by atoms with van der Waals surface area (Å²) in [5.41, 5.74) is 0. The molecular formula is C15H30N2O3. The van der Waals surface area contributed by atoms with Crippen LogP contribution in [0.5, 0.6) is 0 Å². The molecule has 118 valence electrons. The standard InChI is InChI=1S/C15H30N2O3/c1-11(2)7-15(20)17-9-13(12(3)19)8-14(10-17)16-5-4-6-18/h11-14,16,18-19H,4-10H2,1-3H3. The van der Waals surface area contributed by atoms with Crippen LogP contribution in [0.3, 0.4) is 0 Å². The normalized spacial score (nSPS) is 25.0. The number of carbonyl (C=O) groups is 1. The lowest BCUT2D eigenvalue weighted by atomic mass is 9.89. The zero-order chi connectivity index (χ0) is 15.1. The van der Waals surface area contributed by atoms with Gasteiger partial charge >= 0.3 is 0 Å². The highest BCUT2D eigenvalue weighted by Crippen LogP contribution is 2.21. The molecule has 1 aliphatic heterocycles. The van der Waals surface area contributed by atoms with Crippen molar-refractivity contribution in [1.82, 2.24) is 10.2 Å². The summed E-state index contributed by atoms with van der Waals surface area (Å²) >= 11 is 0. The predicted octanol–water partition coefficient (Wildman–Crippen LogP) is 0.602. The summed E-state index contributed by atoms with van der Waals surface area (Å²) in [4.78, 5) is 14.1. The third-order valence-electron chi connectivity index (χ3n) is 3.87. The second kappa shape index (κ2) is 8.60. The van der Waals surface area contributed by atoms with Crippen LogP contribution in [0.2, 0.25) is 0 Å². The SMILES string of the molecule is CC(C)CC(=O)N1CC(NCCCO)CC(C(C)O)C1. The van der Waals surface area contributed by atoms with Crippen molar-refractivity contribution < 1.29 is 15.0 Å². The largest absolute Gasteiger partial charge is 0.396 e. The van der Waals surface area contributed by atoms with E-state index in [1.807, 2.05) is 18.7 Å². The van der Waals surface area contributed by atoms with Crippen molar-refractivity contribution >= 4 is 5.91 Å². The fourth-order valence-electron chi connectivity index (χ4n) is 2.70. The Morgan fingerprint density at radius 3 is 2.60 bits per heavy atom. The van der Waals surface area contributed by atoms with E-state index in [1.165, 1.54) is 0 Å². The van der Waals surface area contributed by atoms with E-state index in [0.29, 0.717) is 25.4 Å². The van der Waals surface area contributed by atoms with Gasteiger partial charge in [-0.2, -0.15) is 0 Å². The van der Waals surface area contributed by atoms with Crippen LogP contribution in [0.25, 0.3) is 0 Å². The molecule has 1 aliphatic rings. The molecule has 1 rings (SSSR count). The van der Waals surface area contributed by atoms with Crippen molar-refractivity contribution in [2.24, 2.45) is 11.8 Å². The van der Waals surface area contributed by atoms with E-state index in [4.69, 9.17) is 5.11 Å². The number of aliphatic hydroxyl groups is 2. The molecule has 1 fully saturated rings. The van der Waals surface area contributed by atoms with Crippen molar-refractivity contribution in [3.05, 3.63) is 0 Å². The van der Waals surface area contributed by atoms with E-state index in [-0.39, 0.29) is 24.5 Å². The van der Waals surface area contributed by atoms with E-state index < -0.39 is 6.10 Å². The lowest BCUT2D eigenvalue weighted by molar-refractivity contribution is -0.135. The number of carbonyl (C=O) groups excluding carboxylic acids is 1. The van der Waals surface area contributed by atoms with Gasteiger partial charge in [-0.25, -0.2) is 0 Å². The molecule has 3 atom stereocenters. The van der Waals surface area contributed by atoms with Gasteiger partial charge in [0.2, 0.25) is 5.91 Å². The van der Waals surface area contributed by atoms with Gasteiger partial charge in [0, 0.05) is 38.1 Å². The number of likely N-dealkylation sites (tertiary alicyclic amines) is 1. The van der Waals surface area contributed by atoms with Gasteiger partial charge < -0.3 is 20.4 Å². The van der Waals surface area contributed by atoms with E-state index in [1.54, 1.807) is 6.92 Å². The van der Waals surface area contributed by atoms with E-state index >= 15 is 0 Å². The van der Waals surface area contributed by atoms with Gasteiger partial charge in [-0.05, 0) is 32.2 Å². The van der Waals surface area contributed by atoms with Crippen LogP contribution in [0, 0.1) is 11.8 Å². The van der Waals surface area contributed by atoms with Crippen molar-refractivity contribution in [2.75, 3.05) is 26.2 Å². The number of hydrogen-bond donors (Lipinski definition) is 3. The molecule has 5 nitrogen and oxygen atoms in total. The molecular weight excluding hydrogens is 256 g/mol. The summed E-state index contributed by atoms with van der Waals surface area (Å²) in [5, 5.41) is 22.1. The van der Waals surface area contributed by atoms with Crippen LogP contribution in [0.15, 0.2) is 0 Å². The minimum Gasteiger partial charge on any atom is -0.396 e. The molecule has 0 aliphatic carbocycles. The molecule has 0 saturated carbocycles. The Kier molecular flexibility index (Phi) is 7.48. The van der Waals surface area contributed by atoms with Crippen molar-refractivity contribution in [3.63, 3.8) is 0 Å². The van der Waals surface area contributed by atoms with Gasteiger partial charge in [0.05, 0.1) is 6.10 Å². The van der Waals surface area contributed by atoms with Crippen molar-refractivity contribution in [2.45, 2.75) is 52.2 Å². The third-order valence-corrected chi connectivity index (χ3v) is 3.87. The number of aliphatic hydroxyl groups excluding tert-OH is 2. The van der Waals surface area contributed by atoms with Gasteiger partial charge in [-0.15, -0.1) is 0 Å². The Balaban J connectivity index is 2.58. The average molecular weight is 286 g/mol. The average Bonchev–Trinajstić information content (AvgIpc) is 2.38. The summed E-state index contributed by atoms with van der Waals surface area (Å²) in [7, 11) is 0. The summed E-state index contributed by atoms with van der Waals surface area (Å²) < 4.78 is 0. The Hall–Kier alpha value is -0.650. The third kappa shape index (κ3) is 5.77. The fraction of sp³-hybridized carbons (Fsp3) is 0.933. The highest BCUT2D eigenvalue weighted by Gasteiger charge is 2.31. The summed E-state index contributed by atoms with van der Waals surface area (Å²) in [6, 6.07) is 0.214. The summed E-state index contributed by atoms with van der Waals surface area (Å²) in [6.45, 7) is 8.18. The Morgan fingerprint density at radius 1 is 1.35 bits per heavy atom. The number of piperidine rings is 1. The van der Waals surface area contributed by atoms with Gasteiger partial charge in [-0.1, -0.05) is 13.8 Å². The first-order chi connectivity index (χ1) is 9.43. The molecule has 5 heteroatoms. The fourth-order valence-corrected chi connectivity index (χ4v) is 2.70. The quantitative estimate of drug-likeness (QED) is 0.599. The molecule has 1 saturated heterocycles. The van der Waals surface area contributed by atoms with E-state index in [9.17, 15) is 9.90 Å². The number of hydrogen-bond acceptors (Lipinski definition) is 4. The van der Waals surface area contributed by atoms with Crippen LogP contribution in [-0.4, -0.2) is 59.4 Å². The number of amides is 1. The molecule has 0 aromatic rings. The summed E-state index contributed by atoms with van der Waals surface area (Å²) in [5.74, 6) is 0.668. The maximum absolute atomic E-state index is 12.2. The molecule has 20 heavy (non-hydrogen) atoms. The van der Waals surface area contributed by atoms with Crippen LogP contribution in [-0.2, 0) is 4.79 Å². The van der Waals surface area contributed by atoms with Gasteiger partial charge in [-0.3, -0.25) is 4.79 Å². The minimum absolute atomic E-state index is 0.131. The topological polar surface area (TPSA) is 72.8 Å². The number of nitrogens with zero attached hydrogens (tertiary/aromatic N) is 1. The predicted molar refractivity (Wildman–Crippen MR) is 79.3 cm³/mol. The molecule has 0 bridgehead atoms. The van der Waals surface area contributed by atoms with Gasteiger partial charge in [0.25, 0.3) is 0 Å². The first-order valence-corrected chi connectivity index (χ1v) is 7.74. The highest BCUT2D eigenvalue weighted by molar-refractivity contribution is 5.76. The van der Waals surface area contributed by atoms with Gasteiger partial charge in [0.1, 0.15) is 0 Å². The highest BCUT2D eigenvalue weighted by atomic mass is 16.3. The van der Waals surface area contributed by atoms with Gasteiger partial charge in [0.15, 0.2) is 0 Å². The lowest BCUT2D eigenvalue weighted by Gasteiger charge is -2.39. The zero-order valence-corrected chi connectivity index (χ0v) is 13.0. The Morgan fingerprint density at radius 2 is 2.05 bits per heavy atom. The monoisotopic (exact) mass is 286 g/mol. The Bertz CT molecular complexity index is 295. The molecule has 1 amide bonds. The maximum atomic E-state index is 12.2. The first-order valence-electron chi connectivity index (χ1n) is 7.74. The molecule has 0 spiro atoms. The molecule has 0 aromatic carbocycles.